The number of thiazole rings is 1. The van der Waals surface area contributed by atoms with Crippen LogP contribution in [-0.2, 0) is 13.0 Å². The Labute approximate surface area is 146 Å². The highest BCUT2D eigenvalue weighted by Crippen LogP contribution is 2.28. The van der Waals surface area contributed by atoms with Crippen LogP contribution in [0.5, 0.6) is 5.75 Å². The van der Waals surface area contributed by atoms with Crippen molar-refractivity contribution in [2.45, 2.75) is 33.2 Å². The van der Waals surface area contributed by atoms with Gasteiger partial charge in [0.1, 0.15) is 5.75 Å². The molecule has 1 aliphatic rings. The second-order valence-electron chi connectivity index (χ2n) is 5.84. The van der Waals surface area contributed by atoms with E-state index in [1.54, 1.807) is 23.5 Å². The van der Waals surface area contributed by atoms with E-state index < -0.39 is 0 Å². The third-order valence-electron chi connectivity index (χ3n) is 4.05. The van der Waals surface area contributed by atoms with Gasteiger partial charge in [-0.15, -0.1) is 11.3 Å². The van der Waals surface area contributed by atoms with Crippen LogP contribution in [0.1, 0.15) is 41.2 Å². The molecule has 5 nitrogen and oxygen atoms in total. The molecule has 0 fully saturated rings. The molecule has 3 rings (SSSR count). The van der Waals surface area contributed by atoms with Crippen LogP contribution in [0, 0.1) is 0 Å². The second-order valence-corrected chi connectivity index (χ2v) is 6.92. The molecule has 1 aliphatic heterocycles. The van der Waals surface area contributed by atoms with Crippen LogP contribution in [0.15, 0.2) is 24.3 Å². The summed E-state index contributed by atoms with van der Waals surface area (Å²) in [6.07, 6.45) is 1.89. The van der Waals surface area contributed by atoms with Crippen LogP contribution in [-0.4, -0.2) is 35.5 Å². The molecular weight excluding hydrogens is 322 g/mol. The molecule has 6 heteroatoms. The number of nitrogens with one attached hydrogen (secondary N) is 1. The zero-order valence-electron chi connectivity index (χ0n) is 14.2. The number of fused-ring (bicyclic) bond motifs is 1. The van der Waals surface area contributed by atoms with E-state index in [0.29, 0.717) is 17.3 Å². The minimum atomic E-state index is -0.143. The largest absolute Gasteiger partial charge is 0.494 e. The van der Waals surface area contributed by atoms with Crippen molar-refractivity contribution in [3.8, 4) is 5.75 Å². The Hall–Kier alpha value is -1.92. The first-order chi connectivity index (χ1) is 11.7. The maximum atomic E-state index is 12.5. The van der Waals surface area contributed by atoms with E-state index in [-0.39, 0.29) is 5.91 Å². The molecule has 1 N–H and O–H groups in total. The predicted molar refractivity (Wildman–Crippen MR) is 97.0 cm³/mol. The molecule has 0 aliphatic carbocycles. The van der Waals surface area contributed by atoms with Crippen LogP contribution < -0.4 is 10.1 Å². The number of hydrogen-bond donors (Lipinski definition) is 1. The molecule has 2 heterocycles. The second kappa shape index (κ2) is 7.77. The van der Waals surface area contributed by atoms with E-state index in [1.807, 2.05) is 12.1 Å². The number of ether oxygens (including phenoxy) is 1. The van der Waals surface area contributed by atoms with Gasteiger partial charge in [0.15, 0.2) is 5.13 Å². The fourth-order valence-electron chi connectivity index (χ4n) is 2.69. The number of nitrogens with zero attached hydrogens (tertiary/aromatic N) is 2. The lowest BCUT2D eigenvalue weighted by atomic mass is 10.2. The lowest BCUT2D eigenvalue weighted by Gasteiger charge is -2.23. The highest BCUT2D eigenvalue weighted by atomic mass is 32.1. The minimum absolute atomic E-state index is 0.143. The average Bonchev–Trinajstić information content (AvgIpc) is 3.01. The molecule has 128 valence electrons. The van der Waals surface area contributed by atoms with Gasteiger partial charge in [0.05, 0.1) is 12.3 Å². The summed E-state index contributed by atoms with van der Waals surface area (Å²) in [6, 6.07) is 7.28. The van der Waals surface area contributed by atoms with Gasteiger partial charge in [0.2, 0.25) is 0 Å². The molecule has 1 amide bonds. The number of carbonyl (C=O) groups is 1. The van der Waals surface area contributed by atoms with Crippen molar-refractivity contribution >= 4 is 22.4 Å². The number of amides is 1. The first kappa shape index (κ1) is 16.9. The quantitative estimate of drug-likeness (QED) is 0.870. The van der Waals surface area contributed by atoms with Crippen molar-refractivity contribution in [2.75, 3.05) is 25.0 Å². The average molecular weight is 345 g/mol. The summed E-state index contributed by atoms with van der Waals surface area (Å²) in [5.41, 5.74) is 1.71. The number of aromatic nitrogens is 1. The summed E-state index contributed by atoms with van der Waals surface area (Å²) in [7, 11) is 0. The Morgan fingerprint density at radius 2 is 2.29 bits per heavy atom. The highest BCUT2D eigenvalue weighted by molar-refractivity contribution is 7.15. The van der Waals surface area contributed by atoms with Crippen molar-refractivity contribution in [2.24, 2.45) is 0 Å². The van der Waals surface area contributed by atoms with Gasteiger partial charge in [-0.3, -0.25) is 15.0 Å². The Morgan fingerprint density at radius 3 is 3.08 bits per heavy atom. The Kier molecular flexibility index (Phi) is 5.48. The minimum Gasteiger partial charge on any atom is -0.494 e. The Bertz CT molecular complexity index is 714. The van der Waals surface area contributed by atoms with Gasteiger partial charge in [-0.2, -0.15) is 0 Å². The smallest absolute Gasteiger partial charge is 0.257 e. The van der Waals surface area contributed by atoms with Gasteiger partial charge in [-0.25, -0.2) is 4.98 Å². The number of carbonyl (C=O) groups excluding carboxylic acids is 1. The van der Waals surface area contributed by atoms with Crippen LogP contribution in [0.3, 0.4) is 0 Å². The van der Waals surface area contributed by atoms with Crippen molar-refractivity contribution in [3.63, 3.8) is 0 Å². The molecule has 1 aromatic carbocycles. The van der Waals surface area contributed by atoms with E-state index in [9.17, 15) is 4.79 Å². The molecule has 2 aromatic rings. The van der Waals surface area contributed by atoms with Crippen LogP contribution in [0.2, 0.25) is 0 Å². The van der Waals surface area contributed by atoms with E-state index in [4.69, 9.17) is 4.74 Å². The van der Waals surface area contributed by atoms with E-state index in [2.05, 4.69) is 29.0 Å². The number of hydrogen-bond acceptors (Lipinski definition) is 5. The lowest BCUT2D eigenvalue weighted by Crippen LogP contribution is -2.29. The first-order valence-corrected chi connectivity index (χ1v) is 9.26. The van der Waals surface area contributed by atoms with Gasteiger partial charge in [-0.1, -0.05) is 19.9 Å². The number of anilines is 1. The topological polar surface area (TPSA) is 54.5 Å². The zero-order valence-corrected chi connectivity index (χ0v) is 15.0. The van der Waals surface area contributed by atoms with Gasteiger partial charge < -0.3 is 4.74 Å². The van der Waals surface area contributed by atoms with E-state index in [1.165, 1.54) is 4.88 Å². The van der Waals surface area contributed by atoms with Crippen LogP contribution in [0.25, 0.3) is 0 Å². The van der Waals surface area contributed by atoms with Gasteiger partial charge in [-0.05, 0) is 31.2 Å². The number of benzene rings is 1. The highest BCUT2D eigenvalue weighted by Gasteiger charge is 2.20. The molecule has 1 aromatic heterocycles. The molecule has 24 heavy (non-hydrogen) atoms. The molecule has 0 bridgehead atoms. The normalized spacial score (nSPS) is 14.2. The van der Waals surface area contributed by atoms with E-state index >= 15 is 0 Å². The molecule has 0 saturated heterocycles. The molecule has 0 saturated carbocycles. The predicted octanol–water partition coefficient (Wildman–Crippen LogP) is 3.56. The summed E-state index contributed by atoms with van der Waals surface area (Å²) in [5, 5.41) is 3.61. The van der Waals surface area contributed by atoms with E-state index in [0.717, 1.165) is 43.9 Å². The Balaban J connectivity index is 1.68. The molecule has 0 spiro atoms. The number of rotatable bonds is 6. The SMILES string of the molecule is CCCOc1cccc(C(=O)Nc2nc3c(s2)CN(CC)CC3)c1. The lowest BCUT2D eigenvalue weighted by molar-refractivity contribution is 0.102. The van der Waals surface area contributed by atoms with Gasteiger partial charge >= 0.3 is 0 Å². The van der Waals surface area contributed by atoms with Crippen molar-refractivity contribution in [3.05, 3.63) is 40.4 Å². The fourth-order valence-corrected chi connectivity index (χ4v) is 3.73. The summed E-state index contributed by atoms with van der Waals surface area (Å²) in [5.74, 6) is 0.580. The van der Waals surface area contributed by atoms with Crippen LogP contribution in [0.4, 0.5) is 5.13 Å². The first-order valence-electron chi connectivity index (χ1n) is 8.44. The Morgan fingerprint density at radius 1 is 1.42 bits per heavy atom. The zero-order chi connectivity index (χ0) is 16.9. The van der Waals surface area contributed by atoms with Crippen molar-refractivity contribution < 1.29 is 9.53 Å². The maximum absolute atomic E-state index is 12.5. The number of likely N-dealkylation sites (N-methyl/N-ethyl adjacent to an activating group) is 1. The van der Waals surface area contributed by atoms with Crippen molar-refractivity contribution in [1.29, 1.82) is 0 Å². The monoisotopic (exact) mass is 345 g/mol. The van der Waals surface area contributed by atoms with Gasteiger partial charge in [0, 0.05) is 30.0 Å². The van der Waals surface area contributed by atoms with Crippen molar-refractivity contribution in [1.82, 2.24) is 9.88 Å². The summed E-state index contributed by atoms with van der Waals surface area (Å²) >= 11 is 1.58. The maximum Gasteiger partial charge on any atom is 0.257 e. The fraction of sp³-hybridized carbons (Fsp3) is 0.444. The van der Waals surface area contributed by atoms with Gasteiger partial charge in [0.25, 0.3) is 5.91 Å². The van der Waals surface area contributed by atoms with Crippen LogP contribution >= 0.6 is 11.3 Å². The third-order valence-corrected chi connectivity index (χ3v) is 5.04. The summed E-state index contributed by atoms with van der Waals surface area (Å²) in [4.78, 5) is 20.7. The molecule has 0 radical (unpaired) electrons. The molecule has 0 atom stereocenters. The molecular formula is C18H23N3O2S. The molecule has 0 unspecified atom stereocenters. The summed E-state index contributed by atoms with van der Waals surface area (Å²) in [6.45, 7) is 7.89. The standard InChI is InChI=1S/C18H23N3O2S/c1-3-10-23-14-7-5-6-13(11-14)17(22)20-18-19-15-8-9-21(4-2)12-16(15)24-18/h5-7,11H,3-4,8-10,12H2,1-2H3,(H,19,20,22). The summed E-state index contributed by atoms with van der Waals surface area (Å²) < 4.78 is 5.59. The third kappa shape index (κ3) is 3.94.